The number of carbonyl (C=O) groups excluding carboxylic acids is 2. The lowest BCUT2D eigenvalue weighted by molar-refractivity contribution is -0.136. The molecular formula is C21H31N3O2. The van der Waals surface area contributed by atoms with E-state index in [9.17, 15) is 9.59 Å². The van der Waals surface area contributed by atoms with Crippen LogP contribution in [0.2, 0.25) is 0 Å². The first kappa shape index (κ1) is 18.9. The minimum Gasteiger partial charge on any atom is -0.356 e. The molecule has 1 aliphatic carbocycles. The topological polar surface area (TPSA) is 52.7 Å². The average molecular weight is 357 g/mol. The van der Waals surface area contributed by atoms with Crippen molar-refractivity contribution in [1.29, 1.82) is 0 Å². The first-order valence-corrected chi connectivity index (χ1v) is 9.87. The third-order valence-corrected chi connectivity index (χ3v) is 5.40. The van der Waals surface area contributed by atoms with Crippen molar-refractivity contribution in [2.45, 2.75) is 33.2 Å². The summed E-state index contributed by atoms with van der Waals surface area (Å²) < 4.78 is 0. The summed E-state index contributed by atoms with van der Waals surface area (Å²) in [5, 5.41) is 2.98. The molecule has 0 spiro atoms. The van der Waals surface area contributed by atoms with Crippen molar-refractivity contribution in [3.05, 3.63) is 35.9 Å². The van der Waals surface area contributed by atoms with Crippen molar-refractivity contribution in [1.82, 2.24) is 15.1 Å². The molecule has 1 aromatic rings. The summed E-state index contributed by atoms with van der Waals surface area (Å²) in [6, 6.07) is 10.4. The van der Waals surface area contributed by atoms with Gasteiger partial charge in [-0.1, -0.05) is 44.2 Å². The molecule has 1 N–H and O–H groups in total. The molecule has 26 heavy (non-hydrogen) atoms. The maximum absolute atomic E-state index is 12.6. The van der Waals surface area contributed by atoms with E-state index in [1.807, 2.05) is 11.0 Å². The fraction of sp³-hybridized carbons (Fsp3) is 0.619. The number of hydrogen-bond acceptors (Lipinski definition) is 3. The van der Waals surface area contributed by atoms with Gasteiger partial charge in [-0.05, 0) is 24.3 Å². The second-order valence-electron chi connectivity index (χ2n) is 8.01. The Morgan fingerprint density at radius 2 is 1.77 bits per heavy atom. The highest BCUT2D eigenvalue weighted by molar-refractivity contribution is 5.92. The largest absolute Gasteiger partial charge is 0.356 e. The van der Waals surface area contributed by atoms with E-state index in [1.54, 1.807) is 0 Å². The third kappa shape index (κ3) is 5.07. The summed E-state index contributed by atoms with van der Waals surface area (Å²) in [5.41, 5.74) is 1.31. The summed E-state index contributed by atoms with van der Waals surface area (Å²) in [4.78, 5) is 29.1. The molecular weight excluding hydrogens is 326 g/mol. The van der Waals surface area contributed by atoms with Gasteiger partial charge in [-0.15, -0.1) is 0 Å². The Labute approximate surface area is 156 Å². The van der Waals surface area contributed by atoms with Gasteiger partial charge >= 0.3 is 0 Å². The molecule has 2 atom stereocenters. The van der Waals surface area contributed by atoms with Crippen LogP contribution in [-0.4, -0.2) is 54.3 Å². The summed E-state index contributed by atoms with van der Waals surface area (Å²) in [6.45, 7) is 9.28. The SMILES string of the molecule is CC(C)CCNC(=O)C1CC1C(=O)N1CCN(Cc2ccccc2)CC1. The van der Waals surface area contributed by atoms with Gasteiger partial charge < -0.3 is 10.2 Å². The molecule has 2 fully saturated rings. The maximum Gasteiger partial charge on any atom is 0.226 e. The van der Waals surface area contributed by atoms with E-state index in [0.717, 1.165) is 45.6 Å². The van der Waals surface area contributed by atoms with Gasteiger partial charge in [0.25, 0.3) is 0 Å². The molecule has 0 bridgehead atoms. The van der Waals surface area contributed by atoms with Crippen LogP contribution in [0.25, 0.3) is 0 Å². The zero-order valence-corrected chi connectivity index (χ0v) is 16.0. The molecule has 1 heterocycles. The summed E-state index contributed by atoms with van der Waals surface area (Å²) in [6.07, 6.45) is 1.71. The van der Waals surface area contributed by atoms with Crippen LogP contribution in [-0.2, 0) is 16.1 Å². The van der Waals surface area contributed by atoms with Crippen molar-refractivity contribution < 1.29 is 9.59 Å². The molecule has 1 aliphatic heterocycles. The van der Waals surface area contributed by atoms with E-state index >= 15 is 0 Å². The smallest absolute Gasteiger partial charge is 0.226 e. The predicted molar refractivity (Wildman–Crippen MR) is 102 cm³/mol. The number of piperazine rings is 1. The van der Waals surface area contributed by atoms with Crippen LogP contribution in [0.4, 0.5) is 0 Å². The summed E-state index contributed by atoms with van der Waals surface area (Å²) >= 11 is 0. The minimum atomic E-state index is -0.1000. The van der Waals surface area contributed by atoms with E-state index in [-0.39, 0.29) is 23.7 Å². The lowest BCUT2D eigenvalue weighted by Gasteiger charge is -2.35. The maximum atomic E-state index is 12.6. The van der Waals surface area contributed by atoms with Crippen molar-refractivity contribution >= 4 is 11.8 Å². The van der Waals surface area contributed by atoms with E-state index in [2.05, 4.69) is 48.3 Å². The molecule has 142 valence electrons. The zero-order valence-electron chi connectivity index (χ0n) is 16.0. The second kappa shape index (κ2) is 8.67. The number of nitrogens with one attached hydrogen (secondary N) is 1. The number of rotatable bonds is 7. The Balaban J connectivity index is 1.38. The van der Waals surface area contributed by atoms with Crippen LogP contribution in [0.5, 0.6) is 0 Å². The lowest BCUT2D eigenvalue weighted by Crippen LogP contribution is -2.49. The molecule has 1 aromatic carbocycles. The first-order valence-electron chi connectivity index (χ1n) is 9.87. The Morgan fingerprint density at radius 3 is 2.42 bits per heavy atom. The monoisotopic (exact) mass is 357 g/mol. The Kier molecular flexibility index (Phi) is 6.30. The Morgan fingerprint density at radius 1 is 1.08 bits per heavy atom. The highest BCUT2D eigenvalue weighted by Gasteiger charge is 2.49. The minimum absolute atomic E-state index is 0.0618. The van der Waals surface area contributed by atoms with Crippen LogP contribution in [0.3, 0.4) is 0 Å². The number of amides is 2. The van der Waals surface area contributed by atoms with Crippen LogP contribution in [0, 0.1) is 17.8 Å². The molecule has 2 unspecified atom stereocenters. The molecule has 5 nitrogen and oxygen atoms in total. The van der Waals surface area contributed by atoms with E-state index < -0.39 is 0 Å². The van der Waals surface area contributed by atoms with Gasteiger partial charge in [0.2, 0.25) is 11.8 Å². The molecule has 1 saturated heterocycles. The van der Waals surface area contributed by atoms with Crippen LogP contribution >= 0.6 is 0 Å². The molecule has 1 saturated carbocycles. The Hall–Kier alpha value is -1.88. The van der Waals surface area contributed by atoms with Gasteiger partial charge in [0.1, 0.15) is 0 Å². The van der Waals surface area contributed by atoms with Crippen LogP contribution in [0.1, 0.15) is 32.3 Å². The quantitative estimate of drug-likeness (QED) is 0.813. The molecule has 3 rings (SSSR count). The average Bonchev–Trinajstić information content (AvgIpc) is 3.43. The molecule has 0 aromatic heterocycles. The standard InChI is InChI=1S/C21H31N3O2/c1-16(2)8-9-22-20(25)18-14-19(18)21(26)24-12-10-23(11-13-24)15-17-6-4-3-5-7-17/h3-7,16,18-19H,8-15H2,1-2H3,(H,22,25). The van der Waals surface area contributed by atoms with Gasteiger partial charge in [0.05, 0.1) is 11.8 Å². The van der Waals surface area contributed by atoms with Gasteiger partial charge in [0, 0.05) is 39.3 Å². The number of hydrogen-bond donors (Lipinski definition) is 1. The number of benzene rings is 1. The van der Waals surface area contributed by atoms with E-state index in [0.29, 0.717) is 12.5 Å². The fourth-order valence-corrected chi connectivity index (χ4v) is 3.58. The van der Waals surface area contributed by atoms with Crippen molar-refractivity contribution in [2.75, 3.05) is 32.7 Å². The number of carbonyl (C=O) groups is 2. The van der Waals surface area contributed by atoms with Crippen LogP contribution in [0.15, 0.2) is 30.3 Å². The van der Waals surface area contributed by atoms with Crippen molar-refractivity contribution in [3.63, 3.8) is 0 Å². The second-order valence-corrected chi connectivity index (χ2v) is 8.01. The third-order valence-electron chi connectivity index (χ3n) is 5.40. The van der Waals surface area contributed by atoms with Crippen molar-refractivity contribution in [3.8, 4) is 0 Å². The van der Waals surface area contributed by atoms with E-state index in [4.69, 9.17) is 0 Å². The molecule has 5 heteroatoms. The van der Waals surface area contributed by atoms with Crippen LogP contribution < -0.4 is 5.32 Å². The fourth-order valence-electron chi connectivity index (χ4n) is 3.58. The summed E-state index contributed by atoms with van der Waals surface area (Å²) in [7, 11) is 0. The number of nitrogens with zero attached hydrogens (tertiary/aromatic N) is 2. The highest BCUT2D eigenvalue weighted by atomic mass is 16.2. The predicted octanol–water partition coefficient (Wildman–Crippen LogP) is 2.13. The van der Waals surface area contributed by atoms with Gasteiger partial charge in [0.15, 0.2) is 0 Å². The molecule has 2 aliphatic rings. The Bertz CT molecular complexity index is 609. The normalized spacial score (nSPS) is 23.1. The summed E-state index contributed by atoms with van der Waals surface area (Å²) in [5.74, 6) is 0.630. The van der Waals surface area contributed by atoms with Gasteiger partial charge in [-0.3, -0.25) is 14.5 Å². The van der Waals surface area contributed by atoms with E-state index in [1.165, 1.54) is 5.56 Å². The first-order chi connectivity index (χ1) is 12.5. The molecule has 2 amide bonds. The van der Waals surface area contributed by atoms with Gasteiger partial charge in [-0.25, -0.2) is 0 Å². The zero-order chi connectivity index (χ0) is 18.5. The molecule has 0 radical (unpaired) electrons. The van der Waals surface area contributed by atoms with Crippen molar-refractivity contribution in [2.24, 2.45) is 17.8 Å². The highest BCUT2D eigenvalue weighted by Crippen LogP contribution is 2.40. The lowest BCUT2D eigenvalue weighted by atomic mass is 10.1. The van der Waals surface area contributed by atoms with Gasteiger partial charge in [-0.2, -0.15) is 0 Å².